The summed E-state index contributed by atoms with van der Waals surface area (Å²) >= 11 is 0. The molecular formula is C25H30N4O4S. The molecule has 3 heterocycles. The van der Waals surface area contributed by atoms with E-state index in [4.69, 9.17) is 0 Å². The Bertz CT molecular complexity index is 1180. The van der Waals surface area contributed by atoms with Gasteiger partial charge in [0.1, 0.15) is 6.04 Å². The van der Waals surface area contributed by atoms with Gasteiger partial charge in [-0.3, -0.25) is 9.59 Å². The van der Waals surface area contributed by atoms with Crippen LogP contribution in [0.3, 0.4) is 0 Å². The Morgan fingerprint density at radius 3 is 2.44 bits per heavy atom. The van der Waals surface area contributed by atoms with Gasteiger partial charge in [0.2, 0.25) is 21.8 Å². The average molecular weight is 483 g/mol. The molecule has 180 valence electrons. The van der Waals surface area contributed by atoms with Crippen LogP contribution >= 0.6 is 0 Å². The van der Waals surface area contributed by atoms with Gasteiger partial charge >= 0.3 is 0 Å². The second-order valence-electron chi connectivity index (χ2n) is 9.14. The fourth-order valence-corrected chi connectivity index (χ4v) is 6.86. The van der Waals surface area contributed by atoms with Gasteiger partial charge in [-0.1, -0.05) is 18.2 Å². The molecule has 1 unspecified atom stereocenters. The number of hydrogen-bond acceptors (Lipinski definition) is 5. The molecule has 2 aromatic rings. The van der Waals surface area contributed by atoms with Crippen molar-refractivity contribution in [2.24, 2.45) is 0 Å². The number of sulfonamides is 1. The van der Waals surface area contributed by atoms with Gasteiger partial charge in [-0.25, -0.2) is 8.42 Å². The number of amides is 2. The molecule has 2 aromatic carbocycles. The topological polar surface area (TPSA) is 90.0 Å². The molecule has 5 rings (SSSR count). The Balaban J connectivity index is 1.30. The van der Waals surface area contributed by atoms with Crippen LogP contribution in [0.5, 0.6) is 0 Å². The monoisotopic (exact) mass is 482 g/mol. The van der Waals surface area contributed by atoms with Crippen molar-refractivity contribution < 1.29 is 18.0 Å². The summed E-state index contributed by atoms with van der Waals surface area (Å²) in [6, 6.07) is 14.3. The maximum Gasteiger partial charge on any atom is 0.243 e. The van der Waals surface area contributed by atoms with E-state index in [0.717, 1.165) is 24.3 Å². The van der Waals surface area contributed by atoms with Crippen LogP contribution in [0.1, 0.15) is 31.2 Å². The smallest absolute Gasteiger partial charge is 0.243 e. The zero-order chi connectivity index (χ0) is 23.7. The van der Waals surface area contributed by atoms with Crippen LogP contribution < -0.4 is 10.2 Å². The molecule has 9 heteroatoms. The first kappa shape index (κ1) is 22.9. The second-order valence-corrected chi connectivity index (χ2v) is 11.0. The second kappa shape index (κ2) is 9.38. The van der Waals surface area contributed by atoms with E-state index in [0.29, 0.717) is 57.4 Å². The molecule has 3 aliphatic rings. The number of benzene rings is 2. The van der Waals surface area contributed by atoms with Crippen molar-refractivity contribution in [3.63, 3.8) is 0 Å². The molecule has 0 bridgehead atoms. The van der Waals surface area contributed by atoms with E-state index in [1.165, 1.54) is 10.4 Å². The molecule has 2 saturated heterocycles. The minimum atomic E-state index is -3.82. The van der Waals surface area contributed by atoms with Gasteiger partial charge in [-0.05, 0) is 61.6 Å². The summed E-state index contributed by atoms with van der Waals surface area (Å²) in [6.07, 6.45) is 2.96. The van der Waals surface area contributed by atoms with E-state index in [9.17, 15) is 18.0 Å². The van der Waals surface area contributed by atoms with Gasteiger partial charge in [-0.2, -0.15) is 4.31 Å². The molecule has 34 heavy (non-hydrogen) atoms. The highest BCUT2D eigenvalue weighted by Gasteiger charge is 2.41. The Kier molecular flexibility index (Phi) is 6.31. The molecule has 3 aliphatic heterocycles. The highest BCUT2D eigenvalue weighted by atomic mass is 32.2. The van der Waals surface area contributed by atoms with Gasteiger partial charge in [0.05, 0.1) is 4.90 Å². The molecule has 2 fully saturated rings. The fourth-order valence-electron chi connectivity index (χ4n) is 5.16. The highest BCUT2D eigenvalue weighted by Crippen LogP contribution is 2.31. The molecule has 0 saturated carbocycles. The number of piperazine rings is 1. The zero-order valence-electron chi connectivity index (χ0n) is 19.2. The maximum atomic E-state index is 13.6. The van der Waals surface area contributed by atoms with Crippen molar-refractivity contribution in [2.75, 3.05) is 42.9 Å². The van der Waals surface area contributed by atoms with Crippen LogP contribution in [0.2, 0.25) is 0 Å². The molecule has 2 amide bonds. The third-order valence-electron chi connectivity index (χ3n) is 7.01. The Hall–Kier alpha value is -2.91. The minimum Gasteiger partial charge on any atom is -0.368 e. The minimum absolute atomic E-state index is 0.0491. The van der Waals surface area contributed by atoms with Crippen LogP contribution in [0, 0.1) is 0 Å². The number of carbonyl (C=O) groups excluding carboxylic acids is 2. The summed E-state index contributed by atoms with van der Waals surface area (Å²) in [5, 5.41) is 2.84. The molecule has 8 nitrogen and oxygen atoms in total. The number of nitrogens with zero attached hydrogens (tertiary/aromatic N) is 3. The van der Waals surface area contributed by atoms with Crippen molar-refractivity contribution in [1.29, 1.82) is 0 Å². The number of aryl methyl sites for hydroxylation is 1. The SMILES string of the molecule is O=C1CCCc2cc(S(=O)(=O)N3CCCC3C(=O)N3CCN(c4ccccc4)CC3)ccc2N1. The molecule has 1 atom stereocenters. The maximum absolute atomic E-state index is 13.6. The summed E-state index contributed by atoms with van der Waals surface area (Å²) in [5.74, 6) is -0.150. The first-order chi connectivity index (χ1) is 16.4. The van der Waals surface area contributed by atoms with Crippen molar-refractivity contribution in [2.45, 2.75) is 43.0 Å². The Morgan fingerprint density at radius 1 is 0.912 bits per heavy atom. The average Bonchev–Trinajstić information content (AvgIpc) is 3.28. The lowest BCUT2D eigenvalue weighted by Crippen LogP contribution is -2.54. The lowest BCUT2D eigenvalue weighted by Gasteiger charge is -2.38. The number of carbonyl (C=O) groups is 2. The van der Waals surface area contributed by atoms with Crippen LogP contribution in [0.25, 0.3) is 0 Å². The predicted molar refractivity (Wildman–Crippen MR) is 130 cm³/mol. The van der Waals surface area contributed by atoms with Crippen LogP contribution in [0.4, 0.5) is 11.4 Å². The molecule has 0 aliphatic carbocycles. The summed E-state index contributed by atoms with van der Waals surface area (Å²) in [4.78, 5) is 29.5. The standard InChI is InChI=1S/C25H30N4O4S/c30-24-10-4-6-19-18-21(11-12-22(19)26-24)34(32,33)29-13-5-9-23(29)25(31)28-16-14-27(15-17-28)20-7-2-1-3-8-20/h1-3,7-8,11-12,18,23H,4-6,9-10,13-17H2,(H,26,30). The third kappa shape index (κ3) is 4.42. The Morgan fingerprint density at radius 2 is 1.68 bits per heavy atom. The van der Waals surface area contributed by atoms with Crippen molar-refractivity contribution in [1.82, 2.24) is 9.21 Å². The van der Waals surface area contributed by atoms with Crippen LogP contribution in [-0.4, -0.2) is 68.2 Å². The van der Waals surface area contributed by atoms with Crippen LogP contribution in [0.15, 0.2) is 53.4 Å². The molecule has 0 radical (unpaired) electrons. The largest absolute Gasteiger partial charge is 0.368 e. The van der Waals surface area contributed by atoms with E-state index < -0.39 is 16.1 Å². The lowest BCUT2D eigenvalue weighted by molar-refractivity contribution is -0.134. The highest BCUT2D eigenvalue weighted by molar-refractivity contribution is 7.89. The summed E-state index contributed by atoms with van der Waals surface area (Å²) < 4.78 is 28.5. The van der Waals surface area contributed by atoms with Gasteiger partial charge in [0, 0.05) is 50.5 Å². The van der Waals surface area contributed by atoms with E-state index in [1.54, 1.807) is 12.1 Å². The van der Waals surface area contributed by atoms with Crippen LogP contribution in [-0.2, 0) is 26.0 Å². The zero-order valence-corrected chi connectivity index (χ0v) is 20.0. The molecule has 1 N–H and O–H groups in total. The van der Waals surface area contributed by atoms with E-state index in [1.807, 2.05) is 23.1 Å². The number of rotatable bonds is 4. The van der Waals surface area contributed by atoms with Gasteiger partial charge in [-0.15, -0.1) is 0 Å². The van der Waals surface area contributed by atoms with Gasteiger partial charge in [0.15, 0.2) is 0 Å². The van der Waals surface area contributed by atoms with E-state index in [2.05, 4.69) is 22.3 Å². The van der Waals surface area contributed by atoms with E-state index >= 15 is 0 Å². The third-order valence-corrected chi connectivity index (χ3v) is 8.91. The first-order valence-corrected chi connectivity index (χ1v) is 13.4. The number of anilines is 2. The van der Waals surface area contributed by atoms with Crippen molar-refractivity contribution in [3.8, 4) is 0 Å². The summed E-state index contributed by atoms with van der Waals surface area (Å²) in [7, 11) is -3.82. The fraction of sp³-hybridized carbons (Fsp3) is 0.440. The van der Waals surface area contributed by atoms with Gasteiger partial charge < -0.3 is 15.1 Å². The summed E-state index contributed by atoms with van der Waals surface area (Å²) in [6.45, 7) is 2.96. The molecule has 0 aromatic heterocycles. The quantitative estimate of drug-likeness (QED) is 0.723. The molecule has 0 spiro atoms. The normalized spacial score (nSPS) is 21.6. The number of fused-ring (bicyclic) bond motifs is 1. The number of nitrogens with one attached hydrogen (secondary N) is 1. The van der Waals surface area contributed by atoms with Gasteiger partial charge in [0.25, 0.3) is 0 Å². The van der Waals surface area contributed by atoms with Crippen molar-refractivity contribution >= 4 is 33.2 Å². The summed E-state index contributed by atoms with van der Waals surface area (Å²) in [5.41, 5.74) is 2.64. The number of para-hydroxylation sites is 1. The predicted octanol–water partition coefficient (Wildman–Crippen LogP) is 2.46. The Labute approximate surface area is 200 Å². The van der Waals surface area contributed by atoms with Crippen molar-refractivity contribution in [3.05, 3.63) is 54.1 Å². The molecular weight excluding hydrogens is 452 g/mol. The number of hydrogen-bond donors (Lipinski definition) is 1. The first-order valence-electron chi connectivity index (χ1n) is 12.0. The lowest BCUT2D eigenvalue weighted by atomic mass is 10.1. The van der Waals surface area contributed by atoms with E-state index in [-0.39, 0.29) is 16.7 Å².